The van der Waals surface area contributed by atoms with Crippen molar-refractivity contribution >= 4 is 6.03 Å². The van der Waals surface area contributed by atoms with Crippen molar-refractivity contribution in [3.8, 4) is 11.5 Å². The third-order valence-corrected chi connectivity index (χ3v) is 3.57. The Bertz CT molecular complexity index is 676. The van der Waals surface area contributed by atoms with Crippen LogP contribution in [0.3, 0.4) is 0 Å². The summed E-state index contributed by atoms with van der Waals surface area (Å²) in [5.74, 6) is 1.46. The van der Waals surface area contributed by atoms with Gasteiger partial charge in [-0.3, -0.25) is 4.98 Å². The summed E-state index contributed by atoms with van der Waals surface area (Å²) >= 11 is 0. The lowest BCUT2D eigenvalue weighted by Gasteiger charge is -2.21. The Morgan fingerprint density at radius 2 is 2.04 bits per heavy atom. The minimum atomic E-state index is -0.238. The third kappa shape index (κ3) is 3.91. The first-order chi connectivity index (χ1) is 11.2. The van der Waals surface area contributed by atoms with E-state index in [1.165, 1.54) is 0 Å². The van der Waals surface area contributed by atoms with Gasteiger partial charge in [-0.05, 0) is 36.8 Å². The summed E-state index contributed by atoms with van der Waals surface area (Å²) in [6.07, 6.45) is 1.70. The van der Waals surface area contributed by atoms with Gasteiger partial charge in [0.2, 0.25) is 0 Å². The van der Waals surface area contributed by atoms with Crippen LogP contribution in [-0.4, -0.2) is 24.2 Å². The summed E-state index contributed by atoms with van der Waals surface area (Å²) in [4.78, 5) is 16.1. The number of pyridine rings is 1. The number of ether oxygens (including phenoxy) is 2. The van der Waals surface area contributed by atoms with Crippen LogP contribution in [0.25, 0.3) is 0 Å². The molecule has 2 heterocycles. The molecule has 2 aromatic rings. The lowest BCUT2D eigenvalue weighted by atomic mass is 10.1. The highest BCUT2D eigenvalue weighted by Gasteiger charge is 2.15. The van der Waals surface area contributed by atoms with E-state index < -0.39 is 0 Å². The third-order valence-electron chi connectivity index (χ3n) is 3.57. The van der Waals surface area contributed by atoms with Gasteiger partial charge in [0.15, 0.2) is 11.5 Å². The van der Waals surface area contributed by atoms with Gasteiger partial charge in [-0.15, -0.1) is 0 Å². The van der Waals surface area contributed by atoms with Crippen LogP contribution in [0.4, 0.5) is 4.79 Å². The molecule has 6 heteroatoms. The number of fused-ring (bicyclic) bond motifs is 1. The van der Waals surface area contributed by atoms with Crippen molar-refractivity contribution in [2.75, 3.05) is 13.2 Å². The van der Waals surface area contributed by atoms with Gasteiger partial charge >= 0.3 is 6.03 Å². The van der Waals surface area contributed by atoms with Gasteiger partial charge in [0.25, 0.3) is 0 Å². The van der Waals surface area contributed by atoms with Crippen LogP contribution in [0.15, 0.2) is 42.6 Å². The average molecular weight is 313 g/mol. The Hall–Kier alpha value is -2.76. The maximum absolute atomic E-state index is 12.0. The molecule has 1 aliphatic rings. The molecule has 3 rings (SSSR count). The standard InChI is InChI=1S/C17H19N3O3/c1-12(13-5-6-15-16(10-13)23-9-8-22-15)20-17(21)19-11-14-4-2-3-7-18-14/h2-7,10,12H,8-9,11H2,1H3,(H2,19,20,21). The quantitative estimate of drug-likeness (QED) is 0.909. The number of nitrogens with one attached hydrogen (secondary N) is 2. The summed E-state index contributed by atoms with van der Waals surface area (Å²) in [5, 5.41) is 5.69. The number of benzene rings is 1. The van der Waals surface area contributed by atoms with Gasteiger partial charge in [0.1, 0.15) is 13.2 Å². The van der Waals surface area contributed by atoms with Crippen LogP contribution in [-0.2, 0) is 6.54 Å². The first kappa shape index (κ1) is 15.1. The van der Waals surface area contributed by atoms with E-state index in [0.29, 0.717) is 19.8 Å². The smallest absolute Gasteiger partial charge is 0.315 e. The van der Waals surface area contributed by atoms with Gasteiger partial charge in [-0.1, -0.05) is 12.1 Å². The number of rotatable bonds is 4. The van der Waals surface area contributed by atoms with Crippen LogP contribution in [0.5, 0.6) is 11.5 Å². The van der Waals surface area contributed by atoms with Crippen molar-refractivity contribution in [1.29, 1.82) is 0 Å². The fraction of sp³-hybridized carbons (Fsp3) is 0.294. The summed E-state index contributed by atoms with van der Waals surface area (Å²) in [7, 11) is 0. The number of hydrogen-bond acceptors (Lipinski definition) is 4. The maximum atomic E-state index is 12.0. The minimum Gasteiger partial charge on any atom is -0.486 e. The van der Waals surface area contributed by atoms with Gasteiger partial charge in [-0.25, -0.2) is 4.79 Å². The molecule has 0 saturated carbocycles. The monoisotopic (exact) mass is 313 g/mol. The van der Waals surface area contributed by atoms with E-state index in [-0.39, 0.29) is 12.1 Å². The fourth-order valence-corrected chi connectivity index (χ4v) is 2.33. The second-order valence-corrected chi connectivity index (χ2v) is 5.27. The van der Waals surface area contributed by atoms with Crippen LogP contribution in [0, 0.1) is 0 Å². The average Bonchev–Trinajstić information content (AvgIpc) is 2.60. The number of carbonyl (C=O) groups excluding carboxylic acids is 1. The minimum absolute atomic E-state index is 0.144. The van der Waals surface area contributed by atoms with Gasteiger partial charge in [-0.2, -0.15) is 0 Å². The lowest BCUT2D eigenvalue weighted by molar-refractivity contribution is 0.171. The zero-order chi connectivity index (χ0) is 16.1. The molecular formula is C17H19N3O3. The molecule has 0 radical (unpaired) electrons. The first-order valence-electron chi connectivity index (χ1n) is 7.56. The molecule has 1 unspecified atom stereocenters. The Morgan fingerprint density at radius 3 is 2.83 bits per heavy atom. The first-order valence-corrected chi connectivity index (χ1v) is 7.56. The van der Waals surface area contributed by atoms with Crippen molar-refractivity contribution in [1.82, 2.24) is 15.6 Å². The Kier molecular flexibility index (Phi) is 4.61. The molecule has 0 saturated heterocycles. The number of carbonyl (C=O) groups is 1. The van der Waals surface area contributed by atoms with E-state index in [2.05, 4.69) is 15.6 Å². The second kappa shape index (κ2) is 7.00. The SMILES string of the molecule is CC(NC(=O)NCc1ccccn1)c1ccc2c(c1)OCCO2. The molecule has 1 atom stereocenters. The van der Waals surface area contributed by atoms with E-state index in [1.54, 1.807) is 6.20 Å². The molecule has 1 aliphatic heterocycles. The number of aromatic nitrogens is 1. The highest BCUT2D eigenvalue weighted by molar-refractivity contribution is 5.74. The molecule has 0 bridgehead atoms. The van der Waals surface area contributed by atoms with Gasteiger partial charge in [0, 0.05) is 6.20 Å². The molecule has 23 heavy (non-hydrogen) atoms. The number of nitrogens with zero attached hydrogens (tertiary/aromatic N) is 1. The van der Waals surface area contributed by atoms with Crippen LogP contribution < -0.4 is 20.1 Å². The summed E-state index contributed by atoms with van der Waals surface area (Å²) in [5.41, 5.74) is 1.77. The van der Waals surface area contributed by atoms with Crippen LogP contribution >= 0.6 is 0 Å². The normalized spacial score (nSPS) is 14.0. The van der Waals surface area contributed by atoms with Crippen molar-refractivity contribution in [3.05, 3.63) is 53.9 Å². The molecule has 1 aromatic carbocycles. The molecule has 120 valence electrons. The van der Waals surface area contributed by atoms with Crippen molar-refractivity contribution in [3.63, 3.8) is 0 Å². The number of urea groups is 1. The van der Waals surface area contributed by atoms with E-state index in [0.717, 1.165) is 22.8 Å². The topological polar surface area (TPSA) is 72.5 Å². The van der Waals surface area contributed by atoms with E-state index in [1.807, 2.05) is 43.3 Å². The van der Waals surface area contributed by atoms with E-state index in [4.69, 9.17) is 9.47 Å². The Labute approximate surface area is 134 Å². The molecule has 0 aliphatic carbocycles. The molecular weight excluding hydrogens is 294 g/mol. The summed E-state index contributed by atoms with van der Waals surface area (Å²) < 4.78 is 11.1. The van der Waals surface area contributed by atoms with E-state index in [9.17, 15) is 4.79 Å². The predicted molar refractivity (Wildman–Crippen MR) is 85.5 cm³/mol. The highest BCUT2D eigenvalue weighted by Crippen LogP contribution is 2.32. The van der Waals surface area contributed by atoms with E-state index >= 15 is 0 Å². The fourth-order valence-electron chi connectivity index (χ4n) is 2.33. The van der Waals surface area contributed by atoms with Gasteiger partial charge < -0.3 is 20.1 Å². The largest absolute Gasteiger partial charge is 0.486 e. The molecule has 0 spiro atoms. The van der Waals surface area contributed by atoms with Crippen LogP contribution in [0.1, 0.15) is 24.2 Å². The Balaban J connectivity index is 1.56. The summed E-state index contributed by atoms with van der Waals surface area (Å²) in [6, 6.07) is 10.9. The van der Waals surface area contributed by atoms with Crippen LogP contribution in [0.2, 0.25) is 0 Å². The Morgan fingerprint density at radius 1 is 1.22 bits per heavy atom. The zero-order valence-electron chi connectivity index (χ0n) is 12.9. The maximum Gasteiger partial charge on any atom is 0.315 e. The number of amides is 2. The molecule has 2 N–H and O–H groups in total. The predicted octanol–water partition coefficient (Wildman–Crippen LogP) is 2.41. The molecule has 1 aromatic heterocycles. The number of hydrogen-bond donors (Lipinski definition) is 2. The van der Waals surface area contributed by atoms with Crippen molar-refractivity contribution in [2.45, 2.75) is 19.5 Å². The second-order valence-electron chi connectivity index (χ2n) is 5.27. The molecule has 0 fully saturated rings. The van der Waals surface area contributed by atoms with Gasteiger partial charge in [0.05, 0.1) is 18.3 Å². The molecule has 2 amide bonds. The van der Waals surface area contributed by atoms with Crippen molar-refractivity contribution in [2.24, 2.45) is 0 Å². The van der Waals surface area contributed by atoms with Crippen molar-refractivity contribution < 1.29 is 14.3 Å². The summed E-state index contributed by atoms with van der Waals surface area (Å²) in [6.45, 7) is 3.42. The molecule has 6 nitrogen and oxygen atoms in total. The zero-order valence-corrected chi connectivity index (χ0v) is 12.9. The lowest BCUT2D eigenvalue weighted by Crippen LogP contribution is -2.36. The highest BCUT2D eigenvalue weighted by atomic mass is 16.6.